The summed E-state index contributed by atoms with van der Waals surface area (Å²) in [5, 5.41) is 1.38. The maximum atomic E-state index is 12.1. The summed E-state index contributed by atoms with van der Waals surface area (Å²) in [7, 11) is -10.9. The molecule has 0 N–H and O–H groups in total. The minimum atomic E-state index is -5.48. The Morgan fingerprint density at radius 2 is 1.62 bits per heavy atom. The van der Waals surface area contributed by atoms with Crippen LogP contribution in [0.4, 0.5) is 7.77 Å². The number of hydrogen-bond acceptors (Lipinski definition) is 7. The van der Waals surface area contributed by atoms with Gasteiger partial charge in [-0.15, -0.1) is 0 Å². The lowest BCUT2D eigenvalue weighted by Gasteiger charge is -1.86. The zero-order valence-corrected chi connectivity index (χ0v) is 7.14. The van der Waals surface area contributed by atoms with E-state index in [1.807, 2.05) is 0 Å². The third-order valence-corrected chi connectivity index (χ3v) is 2.45. The summed E-state index contributed by atoms with van der Waals surface area (Å²) < 4.78 is 68.2. The molecule has 1 rings (SSSR count). The number of aromatic nitrogens is 2. The van der Waals surface area contributed by atoms with Crippen LogP contribution in [0.15, 0.2) is 14.6 Å². The molecule has 0 fully saturated rings. The van der Waals surface area contributed by atoms with E-state index in [1.54, 1.807) is 0 Å². The average molecular weight is 234 g/mol. The summed E-state index contributed by atoms with van der Waals surface area (Å²) in [5.41, 5.74) is 0. The van der Waals surface area contributed by atoms with Crippen molar-refractivity contribution in [1.29, 1.82) is 0 Å². The van der Waals surface area contributed by atoms with Gasteiger partial charge in [0.15, 0.2) is 0 Å². The van der Waals surface area contributed by atoms with Gasteiger partial charge in [0, 0.05) is 5.27 Å². The maximum absolute atomic E-state index is 12.1. The van der Waals surface area contributed by atoms with E-state index >= 15 is 0 Å². The Kier molecular flexibility index (Phi) is 2.07. The third-order valence-electron chi connectivity index (χ3n) is 0.882. The van der Waals surface area contributed by atoms with Gasteiger partial charge in [-0.25, -0.2) is 0 Å². The van der Waals surface area contributed by atoms with Crippen molar-refractivity contribution in [3.8, 4) is 0 Å². The molecule has 11 heteroatoms. The van der Waals surface area contributed by atoms with Crippen LogP contribution >= 0.6 is 0 Å². The second kappa shape index (κ2) is 2.70. The zero-order chi connectivity index (χ0) is 10.3. The van der Waals surface area contributed by atoms with Gasteiger partial charge in [0.2, 0.25) is 0 Å². The van der Waals surface area contributed by atoms with Gasteiger partial charge in [-0.05, 0) is 0 Å². The SMILES string of the molecule is O=S(=O)(F)c1nnoc1S(=O)(=O)F. The Morgan fingerprint density at radius 1 is 1.08 bits per heavy atom. The molecule has 0 atom stereocenters. The van der Waals surface area contributed by atoms with Crippen molar-refractivity contribution < 1.29 is 29.1 Å². The first-order chi connectivity index (χ1) is 5.73. The second-order valence-electron chi connectivity index (χ2n) is 1.74. The van der Waals surface area contributed by atoms with Crippen molar-refractivity contribution in [1.82, 2.24) is 10.4 Å². The molecule has 0 aliphatic rings. The van der Waals surface area contributed by atoms with Crippen molar-refractivity contribution in [3.63, 3.8) is 0 Å². The molecule has 7 nitrogen and oxygen atoms in total. The predicted molar refractivity (Wildman–Crippen MR) is 30.9 cm³/mol. The van der Waals surface area contributed by atoms with Crippen LogP contribution in [0.5, 0.6) is 0 Å². The standard InChI is InChI=1S/C2F2N2O5S2/c3-12(7,8)1-2(11-6-5-1)13(4,9)10. The van der Waals surface area contributed by atoms with Gasteiger partial charge in [-0.2, -0.15) is 16.8 Å². The average Bonchev–Trinajstić information content (AvgIpc) is 2.27. The first kappa shape index (κ1) is 9.98. The largest absolute Gasteiger partial charge is 0.371 e. The van der Waals surface area contributed by atoms with Crippen LogP contribution in [0.1, 0.15) is 0 Å². The highest BCUT2D eigenvalue weighted by Crippen LogP contribution is 2.20. The van der Waals surface area contributed by atoms with Gasteiger partial charge in [-0.3, -0.25) is 0 Å². The summed E-state index contributed by atoms with van der Waals surface area (Å²) >= 11 is 0. The van der Waals surface area contributed by atoms with Gasteiger partial charge in [0.05, 0.1) is 0 Å². The first-order valence-electron chi connectivity index (χ1n) is 2.44. The quantitative estimate of drug-likeness (QED) is 0.628. The van der Waals surface area contributed by atoms with E-state index in [4.69, 9.17) is 0 Å². The fraction of sp³-hybridized carbons (Fsp3) is 0. The van der Waals surface area contributed by atoms with Gasteiger partial charge >= 0.3 is 25.5 Å². The molecule has 13 heavy (non-hydrogen) atoms. The lowest BCUT2D eigenvalue weighted by Crippen LogP contribution is -2.00. The van der Waals surface area contributed by atoms with Crippen molar-refractivity contribution >= 4 is 20.4 Å². The Morgan fingerprint density at radius 3 is 1.92 bits per heavy atom. The molecule has 74 valence electrons. The van der Waals surface area contributed by atoms with Gasteiger partial charge in [0.25, 0.3) is 5.03 Å². The van der Waals surface area contributed by atoms with Crippen molar-refractivity contribution in [2.45, 2.75) is 10.1 Å². The fourth-order valence-electron chi connectivity index (χ4n) is 0.472. The number of hydrogen-bond donors (Lipinski definition) is 0. The Balaban J connectivity index is 3.54. The van der Waals surface area contributed by atoms with Crippen LogP contribution in [-0.2, 0) is 20.4 Å². The Labute approximate surface area is 70.8 Å². The molecule has 1 heterocycles. The molecular weight excluding hydrogens is 234 g/mol. The lowest BCUT2D eigenvalue weighted by molar-refractivity contribution is 0.314. The van der Waals surface area contributed by atoms with Crippen LogP contribution in [0, 0.1) is 0 Å². The highest BCUT2D eigenvalue weighted by molar-refractivity contribution is 7.89. The molecule has 0 saturated heterocycles. The minimum absolute atomic E-state index is 1.70. The van der Waals surface area contributed by atoms with E-state index in [0.29, 0.717) is 0 Å². The van der Waals surface area contributed by atoms with E-state index in [1.165, 1.54) is 0 Å². The van der Waals surface area contributed by atoms with Gasteiger partial charge in [0.1, 0.15) is 0 Å². The van der Waals surface area contributed by atoms with Crippen LogP contribution in [0.25, 0.3) is 0 Å². The third kappa shape index (κ3) is 1.98. The number of rotatable bonds is 2. The zero-order valence-electron chi connectivity index (χ0n) is 5.51. The molecule has 0 unspecified atom stereocenters. The van der Waals surface area contributed by atoms with Crippen LogP contribution in [0.3, 0.4) is 0 Å². The number of halogens is 2. The predicted octanol–water partition coefficient (Wildman–Crippen LogP) is -0.614. The number of nitrogens with zero attached hydrogens (tertiary/aromatic N) is 2. The second-order valence-corrected chi connectivity index (χ2v) is 4.25. The topological polar surface area (TPSA) is 107 Å². The Bertz CT molecular complexity index is 468. The fourth-order valence-corrected chi connectivity index (χ4v) is 1.81. The summed E-state index contributed by atoms with van der Waals surface area (Å²) in [5.74, 6) is 0. The molecule has 0 aliphatic heterocycles. The molecule has 0 aromatic carbocycles. The molecule has 1 aromatic heterocycles. The summed E-state index contributed by atoms with van der Waals surface area (Å²) in [6, 6.07) is 0. The van der Waals surface area contributed by atoms with E-state index in [-0.39, 0.29) is 0 Å². The molecule has 0 aliphatic carbocycles. The van der Waals surface area contributed by atoms with E-state index in [9.17, 15) is 24.6 Å². The monoisotopic (exact) mass is 234 g/mol. The normalized spacial score (nSPS) is 13.1. The van der Waals surface area contributed by atoms with Crippen LogP contribution in [-0.4, -0.2) is 27.2 Å². The summed E-state index contributed by atoms with van der Waals surface area (Å²) in [6.45, 7) is 0. The van der Waals surface area contributed by atoms with Crippen molar-refractivity contribution in [3.05, 3.63) is 0 Å². The molecular formula is C2F2N2O5S2. The molecule has 0 radical (unpaired) electrons. The van der Waals surface area contributed by atoms with Crippen molar-refractivity contribution in [2.24, 2.45) is 0 Å². The summed E-state index contributed by atoms with van der Waals surface area (Å²) in [4.78, 5) is 0. The van der Waals surface area contributed by atoms with Crippen LogP contribution < -0.4 is 0 Å². The molecule has 0 saturated carbocycles. The Hall–Kier alpha value is -1.10. The molecule has 0 bridgehead atoms. The van der Waals surface area contributed by atoms with Gasteiger partial charge in [-0.1, -0.05) is 12.9 Å². The van der Waals surface area contributed by atoms with Crippen LogP contribution in [0.2, 0.25) is 0 Å². The highest BCUT2D eigenvalue weighted by Gasteiger charge is 2.33. The van der Waals surface area contributed by atoms with E-state index < -0.39 is 30.6 Å². The maximum Gasteiger partial charge on any atom is 0.371 e. The van der Waals surface area contributed by atoms with Crippen molar-refractivity contribution in [2.75, 3.05) is 0 Å². The molecule has 0 amide bonds. The lowest BCUT2D eigenvalue weighted by atomic mass is 11.0. The highest BCUT2D eigenvalue weighted by atomic mass is 32.3. The molecule has 1 aromatic rings. The van der Waals surface area contributed by atoms with E-state index in [2.05, 4.69) is 14.9 Å². The summed E-state index contributed by atoms with van der Waals surface area (Å²) in [6.07, 6.45) is 0. The van der Waals surface area contributed by atoms with Gasteiger partial charge < -0.3 is 4.52 Å². The smallest absolute Gasteiger partial charge is 0.320 e. The van der Waals surface area contributed by atoms with E-state index in [0.717, 1.165) is 0 Å². The first-order valence-corrected chi connectivity index (χ1v) is 5.21. The molecule has 0 spiro atoms. The minimum Gasteiger partial charge on any atom is -0.320 e.